The minimum atomic E-state index is -0.482. The first-order chi connectivity index (χ1) is 8.31. The Morgan fingerprint density at radius 2 is 2.47 bits per heavy atom. The van der Waals surface area contributed by atoms with Crippen molar-refractivity contribution in [2.75, 3.05) is 13.2 Å². The van der Waals surface area contributed by atoms with E-state index >= 15 is 0 Å². The van der Waals surface area contributed by atoms with E-state index in [1.54, 1.807) is 0 Å². The van der Waals surface area contributed by atoms with Crippen molar-refractivity contribution in [3.05, 3.63) is 17.5 Å². The van der Waals surface area contributed by atoms with Gasteiger partial charge in [-0.1, -0.05) is 6.07 Å². The zero-order valence-corrected chi connectivity index (χ0v) is 9.63. The number of esters is 1. The first-order valence-corrected chi connectivity index (χ1v) is 5.75. The van der Waals surface area contributed by atoms with Crippen LogP contribution < -0.4 is 0 Å². The number of aromatic nitrogens is 4. The van der Waals surface area contributed by atoms with Gasteiger partial charge in [-0.15, -0.1) is 16.4 Å². The number of aliphatic hydroxyl groups excluding tert-OH is 1. The van der Waals surface area contributed by atoms with Gasteiger partial charge in [-0.3, -0.25) is 4.79 Å². The molecule has 0 amide bonds. The Labute approximate surface area is 101 Å². The van der Waals surface area contributed by atoms with Crippen molar-refractivity contribution in [2.24, 2.45) is 0 Å². The monoisotopic (exact) mass is 254 g/mol. The number of hydrogen-bond donors (Lipinski definition) is 1. The van der Waals surface area contributed by atoms with Crippen molar-refractivity contribution >= 4 is 17.3 Å². The summed E-state index contributed by atoms with van der Waals surface area (Å²) in [5.74, 6) is 0.0464. The zero-order valence-electron chi connectivity index (χ0n) is 8.81. The number of rotatable bonds is 5. The Hall–Kier alpha value is -1.80. The summed E-state index contributed by atoms with van der Waals surface area (Å²) in [5.41, 5.74) is 0. The lowest BCUT2D eigenvalue weighted by Gasteiger charge is -2.03. The lowest BCUT2D eigenvalue weighted by molar-refractivity contribution is -0.145. The molecule has 1 N–H and O–H groups in total. The molecule has 7 nitrogen and oxygen atoms in total. The topological polar surface area (TPSA) is 90.1 Å². The summed E-state index contributed by atoms with van der Waals surface area (Å²) in [5, 5.41) is 21.5. The van der Waals surface area contributed by atoms with E-state index in [0.717, 1.165) is 4.88 Å². The lowest BCUT2D eigenvalue weighted by atomic mass is 10.4. The van der Waals surface area contributed by atoms with E-state index in [-0.39, 0.29) is 19.8 Å². The molecule has 0 saturated carbocycles. The van der Waals surface area contributed by atoms with Crippen molar-refractivity contribution < 1.29 is 14.6 Å². The average molecular weight is 254 g/mol. The maximum atomic E-state index is 11.3. The van der Waals surface area contributed by atoms with Crippen LogP contribution >= 0.6 is 11.3 Å². The Bertz CT molecular complexity index is 482. The van der Waals surface area contributed by atoms with Gasteiger partial charge in [0.15, 0.2) is 5.82 Å². The smallest absolute Gasteiger partial charge is 0.328 e. The fraction of sp³-hybridized carbons (Fsp3) is 0.333. The highest BCUT2D eigenvalue weighted by Gasteiger charge is 2.13. The van der Waals surface area contributed by atoms with Crippen LogP contribution in [0.3, 0.4) is 0 Å². The number of thiophene rings is 1. The molecule has 0 atom stereocenters. The van der Waals surface area contributed by atoms with E-state index in [9.17, 15) is 4.79 Å². The number of nitrogens with zero attached hydrogens (tertiary/aromatic N) is 4. The summed E-state index contributed by atoms with van der Waals surface area (Å²) in [6, 6.07) is 3.75. The molecule has 0 saturated heterocycles. The molecule has 17 heavy (non-hydrogen) atoms. The van der Waals surface area contributed by atoms with Crippen LogP contribution in [0.2, 0.25) is 0 Å². The fourth-order valence-corrected chi connectivity index (χ4v) is 1.93. The average Bonchev–Trinajstić information content (AvgIpc) is 2.95. The van der Waals surface area contributed by atoms with Gasteiger partial charge in [0, 0.05) is 0 Å². The molecule has 0 unspecified atom stereocenters. The second kappa shape index (κ2) is 5.51. The van der Waals surface area contributed by atoms with E-state index in [1.807, 2.05) is 17.5 Å². The third-order valence-electron chi connectivity index (χ3n) is 1.91. The second-order valence-electron chi connectivity index (χ2n) is 3.08. The number of ether oxygens (including phenoxy) is 1. The number of hydrogen-bond acceptors (Lipinski definition) is 7. The maximum absolute atomic E-state index is 11.3. The molecular weight excluding hydrogens is 244 g/mol. The van der Waals surface area contributed by atoms with Crippen molar-refractivity contribution in [1.29, 1.82) is 0 Å². The van der Waals surface area contributed by atoms with Crippen molar-refractivity contribution in [1.82, 2.24) is 20.2 Å². The number of aliphatic hydroxyl groups is 1. The third kappa shape index (κ3) is 2.86. The first kappa shape index (κ1) is 11.7. The predicted octanol–water partition coefficient (Wildman–Crippen LogP) is -0.0629. The number of tetrazole rings is 1. The van der Waals surface area contributed by atoms with Crippen molar-refractivity contribution in [3.63, 3.8) is 0 Å². The highest BCUT2D eigenvalue weighted by Crippen LogP contribution is 2.21. The van der Waals surface area contributed by atoms with Gasteiger partial charge in [0.2, 0.25) is 0 Å². The van der Waals surface area contributed by atoms with E-state index in [0.29, 0.717) is 5.82 Å². The molecule has 8 heteroatoms. The SMILES string of the molecule is O=C(Cn1nnnc1-c1cccs1)OCCO. The first-order valence-electron chi connectivity index (χ1n) is 4.88. The molecule has 0 fully saturated rings. The van der Waals surface area contributed by atoms with Gasteiger partial charge in [-0.05, 0) is 21.9 Å². The summed E-state index contributed by atoms with van der Waals surface area (Å²) >= 11 is 1.48. The predicted molar refractivity (Wildman–Crippen MR) is 59.2 cm³/mol. The van der Waals surface area contributed by atoms with Gasteiger partial charge in [-0.2, -0.15) is 0 Å². The molecule has 0 spiro atoms. The molecule has 90 valence electrons. The minimum absolute atomic E-state index is 0.0186. The van der Waals surface area contributed by atoms with Gasteiger partial charge in [0.25, 0.3) is 0 Å². The molecule has 0 aliphatic rings. The molecule has 0 radical (unpaired) electrons. The molecule has 2 aromatic rings. The Kier molecular flexibility index (Phi) is 3.78. The molecule has 2 aromatic heterocycles. The van der Waals surface area contributed by atoms with Gasteiger partial charge in [-0.25, -0.2) is 4.68 Å². The van der Waals surface area contributed by atoms with Crippen LogP contribution in [0.1, 0.15) is 0 Å². The standard InChI is InChI=1S/C9H10N4O3S/c14-3-4-16-8(15)6-13-9(10-11-12-13)7-2-1-5-17-7/h1-2,5,14H,3-4,6H2. The largest absolute Gasteiger partial charge is 0.462 e. The minimum Gasteiger partial charge on any atom is -0.462 e. The molecule has 0 bridgehead atoms. The van der Waals surface area contributed by atoms with E-state index in [4.69, 9.17) is 9.84 Å². The van der Waals surface area contributed by atoms with Crippen molar-refractivity contribution in [3.8, 4) is 10.7 Å². The maximum Gasteiger partial charge on any atom is 0.328 e. The normalized spacial score (nSPS) is 10.4. The molecule has 0 aliphatic carbocycles. The molecule has 0 aliphatic heterocycles. The van der Waals surface area contributed by atoms with Crippen LogP contribution in [0.25, 0.3) is 10.7 Å². The van der Waals surface area contributed by atoms with Crippen LogP contribution in [0.5, 0.6) is 0 Å². The molecular formula is C9H10N4O3S. The Balaban J connectivity index is 2.07. The van der Waals surface area contributed by atoms with Crippen LogP contribution in [0.15, 0.2) is 17.5 Å². The Morgan fingerprint density at radius 1 is 1.59 bits per heavy atom. The van der Waals surface area contributed by atoms with Gasteiger partial charge in [0.1, 0.15) is 13.2 Å². The summed E-state index contributed by atoms with van der Waals surface area (Å²) in [7, 11) is 0. The summed E-state index contributed by atoms with van der Waals surface area (Å²) in [4.78, 5) is 12.2. The molecule has 0 aromatic carbocycles. The van der Waals surface area contributed by atoms with Gasteiger partial charge in [0.05, 0.1) is 11.5 Å². The summed E-state index contributed by atoms with van der Waals surface area (Å²) in [6.45, 7) is -0.283. The van der Waals surface area contributed by atoms with E-state index < -0.39 is 5.97 Å². The number of carbonyl (C=O) groups is 1. The van der Waals surface area contributed by atoms with E-state index in [1.165, 1.54) is 16.0 Å². The van der Waals surface area contributed by atoms with Gasteiger partial charge >= 0.3 is 5.97 Å². The van der Waals surface area contributed by atoms with Crippen LogP contribution in [0, 0.1) is 0 Å². The Morgan fingerprint density at radius 3 is 3.18 bits per heavy atom. The lowest BCUT2D eigenvalue weighted by Crippen LogP contribution is -2.17. The highest BCUT2D eigenvalue weighted by molar-refractivity contribution is 7.13. The highest BCUT2D eigenvalue weighted by atomic mass is 32.1. The summed E-state index contributed by atoms with van der Waals surface area (Å²) in [6.07, 6.45) is 0. The number of carbonyl (C=O) groups excluding carboxylic acids is 1. The van der Waals surface area contributed by atoms with Crippen LogP contribution in [-0.2, 0) is 16.1 Å². The third-order valence-corrected chi connectivity index (χ3v) is 2.77. The fourth-order valence-electron chi connectivity index (χ4n) is 1.22. The quantitative estimate of drug-likeness (QED) is 0.752. The van der Waals surface area contributed by atoms with Crippen molar-refractivity contribution in [2.45, 2.75) is 6.54 Å². The van der Waals surface area contributed by atoms with Crippen LogP contribution in [0.4, 0.5) is 0 Å². The van der Waals surface area contributed by atoms with Crippen LogP contribution in [-0.4, -0.2) is 44.5 Å². The zero-order chi connectivity index (χ0) is 12.1. The second-order valence-corrected chi connectivity index (χ2v) is 4.03. The van der Waals surface area contributed by atoms with E-state index in [2.05, 4.69) is 15.5 Å². The molecule has 2 heterocycles. The summed E-state index contributed by atoms with van der Waals surface area (Å²) < 4.78 is 6.10. The van der Waals surface area contributed by atoms with Gasteiger partial charge < -0.3 is 9.84 Å². The molecule has 2 rings (SSSR count).